The average Bonchev–Trinajstić information content (AvgIpc) is 2.88. The highest BCUT2D eigenvalue weighted by molar-refractivity contribution is 5.41. The quantitative estimate of drug-likeness (QED) is 0.928. The molecule has 3 nitrogen and oxygen atoms in total. The maximum atomic E-state index is 5.48. The Morgan fingerprint density at radius 2 is 1.92 bits per heavy atom. The van der Waals surface area contributed by atoms with Crippen LogP contribution in [0.5, 0.6) is 5.75 Å². The van der Waals surface area contributed by atoms with Crippen LogP contribution in [0.15, 0.2) is 42.5 Å². The highest BCUT2D eigenvalue weighted by Gasteiger charge is 2.25. The Hall–Kier alpha value is -1.84. The Balaban J connectivity index is 2.07. The fourth-order valence-corrected chi connectivity index (χ4v) is 3.58. The van der Waals surface area contributed by atoms with Gasteiger partial charge in [0.15, 0.2) is 0 Å². The Kier molecular flexibility index (Phi) is 5.54. The molecule has 128 valence electrons. The van der Waals surface area contributed by atoms with Gasteiger partial charge in [0.25, 0.3) is 0 Å². The summed E-state index contributed by atoms with van der Waals surface area (Å²) in [6.45, 7) is 8.73. The summed E-state index contributed by atoms with van der Waals surface area (Å²) in [7, 11) is 1.74. The minimum Gasteiger partial charge on any atom is -0.497 e. The first-order valence-electron chi connectivity index (χ1n) is 8.85. The zero-order valence-corrected chi connectivity index (χ0v) is 15.0. The zero-order valence-electron chi connectivity index (χ0n) is 15.0. The second kappa shape index (κ2) is 7.82. The summed E-state index contributed by atoms with van der Waals surface area (Å²) in [5.74, 6) is 0.927. The molecule has 0 spiro atoms. The smallest absolute Gasteiger partial charge is 0.119 e. The van der Waals surface area contributed by atoms with E-state index in [1.807, 2.05) is 6.07 Å². The van der Waals surface area contributed by atoms with Gasteiger partial charge >= 0.3 is 0 Å². The minimum absolute atomic E-state index is 0.278. The van der Waals surface area contributed by atoms with Gasteiger partial charge in [-0.1, -0.05) is 35.9 Å². The van der Waals surface area contributed by atoms with Gasteiger partial charge in [0.05, 0.1) is 13.2 Å². The summed E-state index contributed by atoms with van der Waals surface area (Å²) in [5, 5.41) is 3.52. The van der Waals surface area contributed by atoms with Gasteiger partial charge in [-0.2, -0.15) is 0 Å². The van der Waals surface area contributed by atoms with Gasteiger partial charge in [-0.15, -0.1) is 0 Å². The molecule has 3 heteroatoms. The molecule has 1 atom stereocenters. The average molecular weight is 324 g/mol. The summed E-state index contributed by atoms with van der Waals surface area (Å²) >= 11 is 0. The lowest BCUT2D eigenvalue weighted by atomic mass is 9.92. The third kappa shape index (κ3) is 3.80. The van der Waals surface area contributed by atoms with Gasteiger partial charge in [0.1, 0.15) is 5.75 Å². The number of methoxy groups -OCH3 is 1. The molecular formula is C21H28N2O. The molecule has 0 amide bonds. The second-order valence-electron chi connectivity index (χ2n) is 6.68. The Labute approximate surface area is 145 Å². The van der Waals surface area contributed by atoms with Crippen molar-refractivity contribution in [3.05, 3.63) is 64.7 Å². The van der Waals surface area contributed by atoms with E-state index < -0.39 is 0 Å². The van der Waals surface area contributed by atoms with Crippen LogP contribution < -0.4 is 10.1 Å². The van der Waals surface area contributed by atoms with Crippen molar-refractivity contribution >= 4 is 0 Å². The van der Waals surface area contributed by atoms with E-state index in [9.17, 15) is 0 Å². The van der Waals surface area contributed by atoms with Gasteiger partial charge in [-0.3, -0.25) is 4.90 Å². The van der Waals surface area contributed by atoms with Gasteiger partial charge in [-0.05, 0) is 55.6 Å². The maximum Gasteiger partial charge on any atom is 0.119 e. The fraction of sp³-hybridized carbons (Fsp3) is 0.429. The van der Waals surface area contributed by atoms with Crippen LogP contribution >= 0.6 is 0 Å². The molecule has 1 heterocycles. The molecular weight excluding hydrogens is 296 g/mol. The zero-order chi connectivity index (χ0) is 16.9. The summed E-state index contributed by atoms with van der Waals surface area (Å²) in [6.07, 6.45) is 1.19. The van der Waals surface area contributed by atoms with Crippen molar-refractivity contribution < 1.29 is 4.74 Å². The number of rotatable bonds is 4. The molecule has 1 aliphatic rings. The van der Waals surface area contributed by atoms with E-state index in [1.165, 1.54) is 28.7 Å². The van der Waals surface area contributed by atoms with Crippen LogP contribution in [0.4, 0.5) is 0 Å². The number of hydrogen-bond donors (Lipinski definition) is 1. The summed E-state index contributed by atoms with van der Waals surface area (Å²) in [6, 6.07) is 15.6. The Morgan fingerprint density at radius 1 is 1.04 bits per heavy atom. The van der Waals surface area contributed by atoms with Gasteiger partial charge in [-0.25, -0.2) is 0 Å². The van der Waals surface area contributed by atoms with Crippen LogP contribution in [0, 0.1) is 13.8 Å². The first kappa shape index (κ1) is 17.0. The highest BCUT2D eigenvalue weighted by Crippen LogP contribution is 2.33. The molecule has 1 unspecified atom stereocenters. The molecule has 3 rings (SSSR count). The lowest BCUT2D eigenvalue weighted by Crippen LogP contribution is -2.33. The number of nitrogens with one attached hydrogen (secondary N) is 1. The molecule has 0 saturated carbocycles. The van der Waals surface area contributed by atoms with Gasteiger partial charge in [0.2, 0.25) is 0 Å². The monoisotopic (exact) mass is 324 g/mol. The van der Waals surface area contributed by atoms with E-state index in [-0.39, 0.29) is 6.04 Å². The minimum atomic E-state index is 0.278. The number of benzene rings is 2. The Bertz CT molecular complexity index is 675. The molecule has 24 heavy (non-hydrogen) atoms. The van der Waals surface area contributed by atoms with E-state index in [2.05, 4.69) is 60.5 Å². The number of nitrogens with zero attached hydrogens (tertiary/aromatic N) is 1. The van der Waals surface area contributed by atoms with E-state index in [0.29, 0.717) is 0 Å². The molecule has 0 bridgehead atoms. The van der Waals surface area contributed by atoms with E-state index in [4.69, 9.17) is 4.74 Å². The molecule has 1 aliphatic heterocycles. The highest BCUT2D eigenvalue weighted by atomic mass is 16.5. The third-order valence-corrected chi connectivity index (χ3v) is 4.88. The predicted molar refractivity (Wildman–Crippen MR) is 99.8 cm³/mol. The molecule has 1 N–H and O–H groups in total. The summed E-state index contributed by atoms with van der Waals surface area (Å²) in [5.41, 5.74) is 5.39. The first-order chi connectivity index (χ1) is 11.7. The summed E-state index contributed by atoms with van der Waals surface area (Å²) < 4.78 is 5.48. The molecule has 1 saturated heterocycles. The van der Waals surface area contributed by atoms with Crippen molar-refractivity contribution in [3.63, 3.8) is 0 Å². The number of ether oxygens (including phenoxy) is 1. The van der Waals surface area contributed by atoms with E-state index in [0.717, 1.165) is 31.9 Å². The fourth-order valence-electron chi connectivity index (χ4n) is 3.58. The molecule has 1 fully saturated rings. The molecule has 2 aromatic carbocycles. The SMILES string of the molecule is COc1cccc(C(c2cc(C)ccc2C)N2CCCNCC2)c1. The summed E-state index contributed by atoms with van der Waals surface area (Å²) in [4.78, 5) is 2.61. The van der Waals surface area contributed by atoms with Crippen LogP contribution in [0.1, 0.15) is 34.7 Å². The van der Waals surface area contributed by atoms with Crippen LogP contribution in [-0.4, -0.2) is 38.2 Å². The second-order valence-corrected chi connectivity index (χ2v) is 6.68. The van der Waals surface area contributed by atoms with Crippen LogP contribution in [0.3, 0.4) is 0 Å². The lowest BCUT2D eigenvalue weighted by Gasteiger charge is -2.32. The molecule has 2 aromatic rings. The van der Waals surface area contributed by atoms with Crippen molar-refractivity contribution in [3.8, 4) is 5.75 Å². The number of aryl methyl sites for hydroxylation is 2. The van der Waals surface area contributed by atoms with Crippen molar-refractivity contribution in [2.75, 3.05) is 33.3 Å². The van der Waals surface area contributed by atoms with Crippen LogP contribution in [-0.2, 0) is 0 Å². The van der Waals surface area contributed by atoms with E-state index in [1.54, 1.807) is 7.11 Å². The van der Waals surface area contributed by atoms with Gasteiger partial charge < -0.3 is 10.1 Å². The molecule has 0 radical (unpaired) electrons. The standard InChI is InChI=1S/C21H28N2O/c1-16-8-9-17(2)20(14-16)21(23-12-5-10-22-11-13-23)18-6-4-7-19(15-18)24-3/h4,6-9,14-15,21-22H,5,10-13H2,1-3H3. The van der Waals surface area contributed by atoms with E-state index >= 15 is 0 Å². The molecule has 0 aromatic heterocycles. The van der Waals surface area contributed by atoms with Gasteiger partial charge in [0, 0.05) is 19.6 Å². The Morgan fingerprint density at radius 3 is 2.75 bits per heavy atom. The molecule has 0 aliphatic carbocycles. The maximum absolute atomic E-state index is 5.48. The van der Waals surface area contributed by atoms with Crippen molar-refractivity contribution in [2.45, 2.75) is 26.3 Å². The van der Waals surface area contributed by atoms with Crippen LogP contribution in [0.2, 0.25) is 0 Å². The third-order valence-electron chi connectivity index (χ3n) is 4.88. The van der Waals surface area contributed by atoms with Crippen molar-refractivity contribution in [1.29, 1.82) is 0 Å². The largest absolute Gasteiger partial charge is 0.497 e. The van der Waals surface area contributed by atoms with Crippen LogP contribution in [0.25, 0.3) is 0 Å². The topological polar surface area (TPSA) is 24.5 Å². The van der Waals surface area contributed by atoms with Crippen molar-refractivity contribution in [1.82, 2.24) is 10.2 Å². The van der Waals surface area contributed by atoms with Crippen molar-refractivity contribution in [2.24, 2.45) is 0 Å². The first-order valence-corrected chi connectivity index (χ1v) is 8.85. The lowest BCUT2D eigenvalue weighted by molar-refractivity contribution is 0.240. The number of hydrogen-bond acceptors (Lipinski definition) is 3. The normalized spacial score (nSPS) is 17.3. The predicted octanol–water partition coefficient (Wildman–Crippen LogP) is 3.70.